The number of piperazine rings is 1. The average Bonchev–Trinajstić information content (AvgIpc) is 3.09. The van der Waals surface area contributed by atoms with Crippen LogP contribution in [0.1, 0.15) is 19.8 Å². The Morgan fingerprint density at radius 2 is 1.77 bits per heavy atom. The summed E-state index contributed by atoms with van der Waals surface area (Å²) in [6, 6.07) is 7.77. The minimum atomic E-state index is -0.191. The summed E-state index contributed by atoms with van der Waals surface area (Å²) in [6.07, 6.45) is 3.84. The van der Waals surface area contributed by atoms with E-state index in [0.29, 0.717) is 12.1 Å². The average molecular weight is 425 g/mol. The summed E-state index contributed by atoms with van der Waals surface area (Å²) >= 11 is 0. The number of fused-ring (bicyclic) bond motifs is 3. The molecule has 8 heteroatoms. The molecule has 1 aliphatic heterocycles. The van der Waals surface area contributed by atoms with E-state index >= 15 is 0 Å². The Morgan fingerprint density at radius 3 is 2.52 bits per heavy atom. The van der Waals surface area contributed by atoms with Crippen LogP contribution in [0.3, 0.4) is 0 Å². The van der Waals surface area contributed by atoms with E-state index in [2.05, 4.69) is 27.1 Å². The van der Waals surface area contributed by atoms with Crippen molar-refractivity contribution in [2.75, 3.05) is 45.8 Å². The number of rotatable bonds is 8. The van der Waals surface area contributed by atoms with Gasteiger partial charge in [0.25, 0.3) is 5.56 Å². The smallest absolute Gasteiger partial charge is 0.291 e. The number of carbonyl (C=O) groups is 1. The Kier molecular flexibility index (Phi) is 6.67. The minimum Gasteiger partial charge on any atom is -0.355 e. The van der Waals surface area contributed by atoms with Crippen molar-refractivity contribution >= 4 is 27.7 Å². The summed E-state index contributed by atoms with van der Waals surface area (Å²) < 4.78 is 3.13. The van der Waals surface area contributed by atoms with E-state index in [-0.39, 0.29) is 18.0 Å². The van der Waals surface area contributed by atoms with E-state index in [1.165, 1.54) is 17.6 Å². The number of hydrogen-bond donors (Lipinski definition) is 1. The van der Waals surface area contributed by atoms with E-state index in [1.807, 2.05) is 28.8 Å². The normalized spacial score (nSPS) is 15.7. The summed E-state index contributed by atoms with van der Waals surface area (Å²) in [7, 11) is 1.63. The first-order chi connectivity index (χ1) is 15.1. The van der Waals surface area contributed by atoms with Gasteiger partial charge in [-0.2, -0.15) is 5.10 Å². The van der Waals surface area contributed by atoms with Crippen LogP contribution in [-0.2, 0) is 18.4 Å². The van der Waals surface area contributed by atoms with Crippen molar-refractivity contribution in [1.29, 1.82) is 0 Å². The molecule has 1 aliphatic rings. The zero-order valence-electron chi connectivity index (χ0n) is 18.5. The summed E-state index contributed by atoms with van der Waals surface area (Å²) in [5, 5.41) is 8.91. The third-order valence-electron chi connectivity index (χ3n) is 6.15. The second kappa shape index (κ2) is 9.62. The molecule has 1 amide bonds. The van der Waals surface area contributed by atoms with Gasteiger partial charge in [-0.05, 0) is 32.0 Å². The summed E-state index contributed by atoms with van der Waals surface area (Å²) in [4.78, 5) is 30.4. The fourth-order valence-electron chi connectivity index (χ4n) is 4.49. The molecule has 8 nitrogen and oxygen atoms in total. The molecule has 1 aromatic carbocycles. The fourth-order valence-corrected chi connectivity index (χ4v) is 4.49. The Labute approximate surface area is 182 Å². The molecule has 0 bridgehead atoms. The molecular formula is C23H32N6O2. The van der Waals surface area contributed by atoms with Crippen molar-refractivity contribution in [3.63, 3.8) is 0 Å². The quantitative estimate of drug-likeness (QED) is 0.554. The molecule has 0 atom stereocenters. The zero-order chi connectivity index (χ0) is 21.8. The van der Waals surface area contributed by atoms with Crippen LogP contribution in [0, 0.1) is 0 Å². The Hall–Kier alpha value is -2.71. The van der Waals surface area contributed by atoms with Crippen LogP contribution in [0.4, 0.5) is 0 Å². The second-order valence-electron chi connectivity index (χ2n) is 8.33. The standard InChI is InChI=1S/C23H32N6O2/c1-3-10-27-12-14-28(15-13-27)11-6-9-24-21(30)17-29-20-8-5-4-7-18(20)19-16-25-26(2)23(31)22(19)29/h4-5,7-8,16H,3,6,9-15,17H2,1-2H3,(H,24,30). The van der Waals surface area contributed by atoms with Crippen LogP contribution in [-0.4, -0.2) is 75.9 Å². The highest BCUT2D eigenvalue weighted by Crippen LogP contribution is 2.25. The second-order valence-corrected chi connectivity index (χ2v) is 8.33. The van der Waals surface area contributed by atoms with Gasteiger partial charge in [-0.3, -0.25) is 9.59 Å². The number of nitrogens with zero attached hydrogens (tertiary/aromatic N) is 5. The highest BCUT2D eigenvalue weighted by atomic mass is 16.2. The molecule has 0 saturated carbocycles. The number of aryl methyl sites for hydroxylation is 1. The van der Waals surface area contributed by atoms with Crippen molar-refractivity contribution in [3.8, 4) is 0 Å². The Balaban J connectivity index is 1.36. The monoisotopic (exact) mass is 424 g/mol. The van der Waals surface area contributed by atoms with Gasteiger partial charge in [0.1, 0.15) is 12.1 Å². The molecule has 0 spiro atoms. The van der Waals surface area contributed by atoms with Crippen LogP contribution in [0.15, 0.2) is 35.3 Å². The van der Waals surface area contributed by atoms with Gasteiger partial charge >= 0.3 is 0 Å². The first kappa shape index (κ1) is 21.5. The van der Waals surface area contributed by atoms with Gasteiger partial charge in [0.15, 0.2) is 0 Å². The van der Waals surface area contributed by atoms with E-state index < -0.39 is 0 Å². The number of nitrogens with one attached hydrogen (secondary N) is 1. The van der Waals surface area contributed by atoms with Crippen molar-refractivity contribution in [2.45, 2.75) is 26.3 Å². The third kappa shape index (κ3) is 4.65. The van der Waals surface area contributed by atoms with E-state index in [0.717, 1.165) is 55.4 Å². The molecule has 1 saturated heterocycles. The van der Waals surface area contributed by atoms with Crippen LogP contribution in [0.5, 0.6) is 0 Å². The van der Waals surface area contributed by atoms with Crippen molar-refractivity contribution in [3.05, 3.63) is 40.8 Å². The molecule has 3 heterocycles. The molecule has 0 radical (unpaired) electrons. The molecule has 31 heavy (non-hydrogen) atoms. The molecule has 166 valence electrons. The van der Waals surface area contributed by atoms with Crippen LogP contribution in [0.2, 0.25) is 0 Å². The van der Waals surface area contributed by atoms with Crippen molar-refractivity contribution < 1.29 is 4.79 Å². The van der Waals surface area contributed by atoms with Crippen LogP contribution >= 0.6 is 0 Å². The Bertz CT molecular complexity index is 1110. The topological polar surface area (TPSA) is 75.4 Å². The lowest BCUT2D eigenvalue weighted by atomic mass is 10.2. The molecule has 3 aromatic rings. The lowest BCUT2D eigenvalue weighted by molar-refractivity contribution is -0.121. The number of carbonyl (C=O) groups excluding carboxylic acids is 1. The maximum absolute atomic E-state index is 12.7. The van der Waals surface area contributed by atoms with Crippen molar-refractivity contribution in [1.82, 2.24) is 29.5 Å². The zero-order valence-corrected chi connectivity index (χ0v) is 18.5. The Morgan fingerprint density at radius 1 is 1.06 bits per heavy atom. The third-order valence-corrected chi connectivity index (χ3v) is 6.15. The number of amides is 1. The number of para-hydroxylation sites is 1. The fraction of sp³-hybridized carbons (Fsp3) is 0.522. The number of aromatic nitrogens is 3. The van der Waals surface area contributed by atoms with E-state index in [9.17, 15) is 9.59 Å². The van der Waals surface area contributed by atoms with Gasteiger partial charge in [0.2, 0.25) is 5.91 Å². The molecule has 2 aromatic heterocycles. The first-order valence-corrected chi connectivity index (χ1v) is 11.2. The van der Waals surface area contributed by atoms with Gasteiger partial charge in [0.05, 0.1) is 6.20 Å². The number of hydrogen-bond acceptors (Lipinski definition) is 5. The molecular weight excluding hydrogens is 392 g/mol. The highest BCUT2D eigenvalue weighted by Gasteiger charge is 2.18. The summed E-state index contributed by atoms with van der Waals surface area (Å²) in [5.74, 6) is -0.0747. The van der Waals surface area contributed by atoms with Gasteiger partial charge in [-0.25, -0.2) is 4.68 Å². The van der Waals surface area contributed by atoms with Crippen molar-refractivity contribution in [2.24, 2.45) is 7.05 Å². The SMILES string of the molecule is CCCN1CCN(CCCNC(=O)Cn2c3ccccc3c3cnn(C)c(=O)c32)CC1. The van der Waals surface area contributed by atoms with Gasteiger partial charge in [-0.15, -0.1) is 0 Å². The number of benzene rings is 1. The maximum Gasteiger partial charge on any atom is 0.291 e. The highest BCUT2D eigenvalue weighted by molar-refractivity contribution is 6.07. The minimum absolute atomic E-state index is 0.0747. The first-order valence-electron chi connectivity index (χ1n) is 11.2. The molecule has 4 rings (SSSR count). The predicted molar refractivity (Wildman–Crippen MR) is 123 cm³/mol. The lowest BCUT2D eigenvalue weighted by Gasteiger charge is -2.34. The molecule has 0 aliphatic carbocycles. The van der Waals surface area contributed by atoms with E-state index in [1.54, 1.807) is 13.2 Å². The molecule has 1 N–H and O–H groups in total. The lowest BCUT2D eigenvalue weighted by Crippen LogP contribution is -2.47. The van der Waals surface area contributed by atoms with Gasteiger partial charge in [-0.1, -0.05) is 25.1 Å². The molecule has 1 fully saturated rings. The summed E-state index contributed by atoms with van der Waals surface area (Å²) in [5.41, 5.74) is 1.21. The maximum atomic E-state index is 12.7. The van der Waals surface area contributed by atoms with Crippen LogP contribution in [0.25, 0.3) is 21.8 Å². The van der Waals surface area contributed by atoms with Gasteiger partial charge < -0.3 is 19.7 Å². The predicted octanol–water partition coefficient (Wildman–Crippen LogP) is 1.42. The molecule has 0 unspecified atom stereocenters. The van der Waals surface area contributed by atoms with Gasteiger partial charge in [0, 0.05) is 56.1 Å². The van der Waals surface area contributed by atoms with Crippen LogP contribution < -0.4 is 10.9 Å². The largest absolute Gasteiger partial charge is 0.355 e. The van der Waals surface area contributed by atoms with E-state index in [4.69, 9.17) is 0 Å². The summed E-state index contributed by atoms with van der Waals surface area (Å²) in [6.45, 7) is 9.66.